The van der Waals surface area contributed by atoms with Crippen molar-refractivity contribution < 1.29 is 51.9 Å². The van der Waals surface area contributed by atoms with E-state index in [9.17, 15) is 33.7 Å². The van der Waals surface area contributed by atoms with Crippen LogP contribution in [0.3, 0.4) is 0 Å². The molecular weight excluding hydrogens is 416 g/mol. The summed E-state index contributed by atoms with van der Waals surface area (Å²) in [5.41, 5.74) is -1.60. The molecule has 0 atom stereocenters. The van der Waals surface area contributed by atoms with Crippen molar-refractivity contribution in [2.45, 2.75) is 33.4 Å². The summed E-state index contributed by atoms with van der Waals surface area (Å²) in [5.74, 6) is 0. The second kappa shape index (κ2) is 5.70. The molecule has 0 aromatic heterocycles. The Morgan fingerprint density at radius 3 is 0.750 bits per heavy atom. The Kier molecular flexibility index (Phi) is 4.96. The van der Waals surface area contributed by atoms with Crippen molar-refractivity contribution in [1.29, 1.82) is 0 Å². The van der Waals surface area contributed by atoms with E-state index in [-0.39, 0.29) is 0 Å². The molecule has 4 N–H and O–H groups in total. The van der Waals surface area contributed by atoms with Crippen LogP contribution < -0.4 is 0 Å². The molecule has 0 spiro atoms. The van der Waals surface area contributed by atoms with Gasteiger partial charge in [0.15, 0.2) is 0 Å². The van der Waals surface area contributed by atoms with E-state index in [0.717, 1.165) is 13.8 Å². The fourth-order valence-corrected chi connectivity index (χ4v) is 7.20. The third-order valence-electron chi connectivity index (χ3n) is 2.89. The first-order valence-corrected chi connectivity index (χ1v) is 11.1. The van der Waals surface area contributed by atoms with E-state index in [0.29, 0.717) is 0 Å². The van der Waals surface area contributed by atoms with Crippen molar-refractivity contribution in [2.24, 2.45) is 0 Å². The summed E-state index contributed by atoms with van der Waals surface area (Å²) in [4.78, 5) is -7.54. The van der Waals surface area contributed by atoms with Crippen LogP contribution in [0.1, 0.15) is 11.1 Å². The fraction of sp³-hybridized carbons (Fsp3) is 0.250. The monoisotopic (exact) mass is 426 g/mol. The van der Waals surface area contributed by atoms with Gasteiger partial charge in [-0.15, -0.1) is 0 Å². The molecule has 0 aliphatic heterocycles. The van der Waals surface area contributed by atoms with Crippen molar-refractivity contribution in [3.63, 3.8) is 0 Å². The Bertz CT molecular complexity index is 1040. The first kappa shape index (κ1) is 20.9. The predicted octanol–water partition coefficient (Wildman–Crippen LogP) is -0.710. The van der Waals surface area contributed by atoms with Gasteiger partial charge in [0, 0.05) is 0 Å². The molecule has 0 saturated carbocycles. The topological polar surface area (TPSA) is 217 Å². The van der Waals surface area contributed by atoms with E-state index in [1.165, 1.54) is 0 Å². The zero-order valence-corrected chi connectivity index (χ0v) is 15.0. The van der Waals surface area contributed by atoms with E-state index < -0.39 is 71.2 Å². The van der Waals surface area contributed by atoms with Crippen LogP contribution in [0.5, 0.6) is 0 Å². The number of benzene rings is 1. The maximum Gasteiger partial charge on any atom is 0.297 e. The second-order valence-electron chi connectivity index (χ2n) is 4.47. The number of hydrogen-bond donors (Lipinski definition) is 4. The molecular formula is C8H10O12S4. The first-order chi connectivity index (χ1) is 10.3. The Hall–Kier alpha value is -1.14. The third-order valence-corrected chi connectivity index (χ3v) is 7.18. The Labute approximate surface area is 137 Å². The van der Waals surface area contributed by atoms with Crippen LogP contribution in [0.25, 0.3) is 0 Å². The van der Waals surface area contributed by atoms with Gasteiger partial charge in [-0.25, -0.2) is 0 Å². The highest BCUT2D eigenvalue weighted by Crippen LogP contribution is 2.38. The highest BCUT2D eigenvalue weighted by Gasteiger charge is 2.41. The van der Waals surface area contributed by atoms with Crippen molar-refractivity contribution in [3.05, 3.63) is 11.1 Å². The van der Waals surface area contributed by atoms with Crippen LogP contribution in [0.4, 0.5) is 0 Å². The summed E-state index contributed by atoms with van der Waals surface area (Å²) in [6.07, 6.45) is 0. The Morgan fingerprint density at radius 1 is 0.458 bits per heavy atom. The van der Waals surface area contributed by atoms with Crippen LogP contribution in [0.2, 0.25) is 0 Å². The van der Waals surface area contributed by atoms with Gasteiger partial charge >= 0.3 is 0 Å². The SMILES string of the molecule is Cc1c(C)c(S(=O)(=O)O)c(S(=O)(=O)O)c(S(=O)(=O)O)c1S(=O)(=O)O. The summed E-state index contributed by atoms with van der Waals surface area (Å²) < 4.78 is 128. The molecule has 1 aromatic rings. The van der Waals surface area contributed by atoms with Crippen LogP contribution >= 0.6 is 0 Å². The Morgan fingerprint density at radius 2 is 0.625 bits per heavy atom. The maximum absolute atomic E-state index is 11.4. The maximum atomic E-state index is 11.4. The van der Waals surface area contributed by atoms with Gasteiger partial charge in [0.25, 0.3) is 40.5 Å². The van der Waals surface area contributed by atoms with Gasteiger partial charge < -0.3 is 0 Å². The van der Waals surface area contributed by atoms with Crippen LogP contribution in [0.15, 0.2) is 19.6 Å². The lowest BCUT2D eigenvalue weighted by molar-refractivity contribution is 0.445. The minimum absolute atomic E-state index is 0.773. The Balaban J connectivity index is 4.72. The molecule has 1 rings (SSSR count). The summed E-state index contributed by atoms with van der Waals surface area (Å²) in [7, 11) is -22.6. The lowest BCUT2D eigenvalue weighted by atomic mass is 10.1. The van der Waals surface area contributed by atoms with Crippen molar-refractivity contribution in [3.8, 4) is 0 Å². The van der Waals surface area contributed by atoms with Gasteiger partial charge in [-0.1, -0.05) is 0 Å². The summed E-state index contributed by atoms with van der Waals surface area (Å²) >= 11 is 0. The second-order valence-corrected chi connectivity index (χ2v) is 9.90. The molecule has 0 radical (unpaired) electrons. The summed E-state index contributed by atoms with van der Waals surface area (Å²) in [6, 6.07) is 0. The van der Waals surface area contributed by atoms with E-state index in [1.807, 2.05) is 0 Å². The lowest BCUT2D eigenvalue weighted by Crippen LogP contribution is -2.21. The smallest absolute Gasteiger partial charge is 0.282 e. The van der Waals surface area contributed by atoms with Crippen molar-refractivity contribution in [1.82, 2.24) is 0 Å². The van der Waals surface area contributed by atoms with Gasteiger partial charge in [-0.2, -0.15) is 33.7 Å². The largest absolute Gasteiger partial charge is 0.297 e. The van der Waals surface area contributed by atoms with Crippen molar-refractivity contribution in [2.75, 3.05) is 0 Å². The van der Waals surface area contributed by atoms with Crippen LogP contribution in [0, 0.1) is 13.8 Å². The van der Waals surface area contributed by atoms with E-state index >= 15 is 0 Å². The van der Waals surface area contributed by atoms with E-state index in [4.69, 9.17) is 18.2 Å². The molecule has 0 aliphatic rings. The average Bonchev–Trinajstić information content (AvgIpc) is 2.25. The number of hydrogen-bond acceptors (Lipinski definition) is 8. The minimum Gasteiger partial charge on any atom is -0.282 e. The summed E-state index contributed by atoms with van der Waals surface area (Å²) in [5, 5.41) is 0. The molecule has 0 heterocycles. The highest BCUT2D eigenvalue weighted by atomic mass is 32.2. The van der Waals surface area contributed by atoms with Crippen molar-refractivity contribution >= 4 is 40.5 Å². The lowest BCUT2D eigenvalue weighted by Gasteiger charge is -2.17. The van der Waals surface area contributed by atoms with E-state index in [1.54, 1.807) is 0 Å². The molecule has 0 saturated heterocycles. The van der Waals surface area contributed by atoms with Gasteiger partial charge in [-0.05, 0) is 25.0 Å². The molecule has 12 nitrogen and oxygen atoms in total. The van der Waals surface area contributed by atoms with E-state index in [2.05, 4.69) is 0 Å². The molecule has 16 heteroatoms. The van der Waals surface area contributed by atoms with Gasteiger partial charge in [0.1, 0.15) is 19.6 Å². The van der Waals surface area contributed by atoms with Crippen LogP contribution in [-0.4, -0.2) is 51.9 Å². The molecule has 0 amide bonds. The molecule has 138 valence electrons. The normalized spacial score (nSPS) is 13.9. The predicted molar refractivity (Wildman–Crippen MR) is 75.2 cm³/mol. The number of rotatable bonds is 4. The molecule has 0 aliphatic carbocycles. The molecule has 0 bridgehead atoms. The standard InChI is InChI=1S/C8H10O12S4/c1-3-4(2)6(22(12,13)14)8(24(18,19)20)7(23(15,16)17)5(3)21(9,10)11/h1-2H3,(H,9,10,11)(H,12,13,14)(H,15,16,17)(H,18,19,20). The highest BCUT2D eigenvalue weighted by molar-refractivity contribution is 7.91. The zero-order chi connectivity index (χ0) is 19.5. The molecule has 0 unspecified atom stereocenters. The third kappa shape index (κ3) is 3.75. The fourth-order valence-electron chi connectivity index (χ4n) is 1.98. The molecule has 24 heavy (non-hydrogen) atoms. The van der Waals surface area contributed by atoms with Gasteiger partial charge in [-0.3, -0.25) is 18.2 Å². The average molecular weight is 426 g/mol. The summed E-state index contributed by atoms with van der Waals surface area (Å²) in [6.45, 7) is 1.55. The zero-order valence-electron chi connectivity index (χ0n) is 11.7. The first-order valence-electron chi connectivity index (χ1n) is 5.38. The van der Waals surface area contributed by atoms with Crippen LogP contribution in [-0.2, 0) is 40.5 Å². The van der Waals surface area contributed by atoms with Gasteiger partial charge in [0.05, 0.1) is 0 Å². The molecule has 1 aromatic carbocycles. The minimum atomic E-state index is -5.81. The molecule has 0 fully saturated rings. The van der Waals surface area contributed by atoms with Gasteiger partial charge in [0.2, 0.25) is 0 Å². The quantitative estimate of drug-likeness (QED) is 0.439.